The minimum absolute atomic E-state index is 0.0522. The third kappa shape index (κ3) is 6.18. The van der Waals surface area contributed by atoms with Gasteiger partial charge in [0.05, 0.1) is 29.6 Å². The van der Waals surface area contributed by atoms with E-state index in [1.54, 1.807) is 23.1 Å². The predicted molar refractivity (Wildman–Crippen MR) is 155 cm³/mol. The van der Waals surface area contributed by atoms with Gasteiger partial charge >= 0.3 is 5.97 Å². The maximum absolute atomic E-state index is 12.9. The fourth-order valence-corrected chi connectivity index (χ4v) is 4.34. The molecule has 2 N–H and O–H groups in total. The number of anilines is 1. The van der Waals surface area contributed by atoms with Crippen LogP contribution in [0.25, 0.3) is 10.9 Å². The summed E-state index contributed by atoms with van der Waals surface area (Å²) in [5.41, 5.74) is 4.36. The Morgan fingerprint density at radius 2 is 1.64 bits per heavy atom. The number of aromatic nitrogens is 1. The molecule has 0 bridgehead atoms. The summed E-state index contributed by atoms with van der Waals surface area (Å²) < 4.78 is 4.83. The third-order valence-corrected chi connectivity index (χ3v) is 6.42. The van der Waals surface area contributed by atoms with Gasteiger partial charge in [-0.25, -0.2) is 9.79 Å². The summed E-state index contributed by atoms with van der Waals surface area (Å²) in [7, 11) is 5.30. The van der Waals surface area contributed by atoms with Gasteiger partial charge in [-0.15, -0.1) is 0 Å². The summed E-state index contributed by atoms with van der Waals surface area (Å²) in [5, 5.41) is 11.7. The van der Waals surface area contributed by atoms with Gasteiger partial charge < -0.3 is 24.6 Å². The van der Waals surface area contributed by atoms with Crippen LogP contribution < -0.4 is 4.90 Å². The Balaban J connectivity index is 1.78. The number of ether oxygens (including phenoxy) is 1. The molecule has 4 aromatic rings. The van der Waals surface area contributed by atoms with Crippen LogP contribution in [0.3, 0.4) is 0 Å². The Bertz CT molecular complexity index is 1490. The lowest BCUT2D eigenvalue weighted by atomic mass is 10.00. The van der Waals surface area contributed by atoms with Crippen LogP contribution in [-0.4, -0.2) is 66.9 Å². The van der Waals surface area contributed by atoms with E-state index in [9.17, 15) is 14.7 Å². The van der Waals surface area contributed by atoms with Gasteiger partial charge in [0.15, 0.2) is 5.88 Å². The first-order valence-electron chi connectivity index (χ1n) is 12.8. The molecule has 3 aromatic carbocycles. The Hall–Kier alpha value is -4.43. The van der Waals surface area contributed by atoms with Gasteiger partial charge in [0.2, 0.25) is 5.91 Å². The number of nitrogens with zero attached hydrogens (tertiary/aromatic N) is 3. The van der Waals surface area contributed by atoms with Gasteiger partial charge in [0.1, 0.15) is 0 Å². The van der Waals surface area contributed by atoms with Crippen LogP contribution in [-0.2, 0) is 9.53 Å². The minimum atomic E-state index is -0.458. The summed E-state index contributed by atoms with van der Waals surface area (Å²) in [6.45, 7) is 5.13. The van der Waals surface area contributed by atoms with Crippen molar-refractivity contribution in [3.63, 3.8) is 0 Å². The van der Waals surface area contributed by atoms with Gasteiger partial charge in [-0.3, -0.25) is 4.79 Å². The van der Waals surface area contributed by atoms with Crippen molar-refractivity contribution >= 4 is 39.9 Å². The second-order valence-electron chi connectivity index (χ2n) is 9.89. The third-order valence-electron chi connectivity index (χ3n) is 6.42. The number of nitrogens with one attached hydrogen (secondary N) is 1. The zero-order valence-electron chi connectivity index (χ0n) is 22.9. The highest BCUT2D eigenvalue weighted by Gasteiger charge is 2.21. The maximum atomic E-state index is 12.9. The molecule has 0 fully saturated rings. The first kappa shape index (κ1) is 27.6. The van der Waals surface area contributed by atoms with E-state index < -0.39 is 5.97 Å². The van der Waals surface area contributed by atoms with E-state index in [0.717, 1.165) is 23.2 Å². The molecule has 0 aliphatic carbocycles. The first-order valence-corrected chi connectivity index (χ1v) is 12.8. The molecule has 0 atom stereocenters. The van der Waals surface area contributed by atoms with E-state index in [-0.39, 0.29) is 17.7 Å². The average molecular weight is 527 g/mol. The topological polar surface area (TPSA) is 98.2 Å². The number of carbonyl (C=O) groups excluding carboxylic acids is 2. The summed E-state index contributed by atoms with van der Waals surface area (Å²) in [5.74, 6) is -0.573. The molecule has 0 radical (unpaired) electrons. The number of aromatic hydroxyl groups is 1. The number of likely N-dealkylation sites (N-methyl/N-ethyl adjacent to an activating group) is 1. The van der Waals surface area contributed by atoms with Crippen molar-refractivity contribution in [3.8, 4) is 5.88 Å². The van der Waals surface area contributed by atoms with Crippen LogP contribution in [0.1, 0.15) is 35.3 Å². The van der Waals surface area contributed by atoms with Crippen LogP contribution in [0, 0.1) is 5.92 Å². The number of aliphatic imine (C=N–C) groups is 1. The molecule has 4 rings (SSSR count). The summed E-state index contributed by atoms with van der Waals surface area (Å²) >= 11 is 0. The SMILES string of the molecule is COC(=O)c1ccc2c(C(=Nc3ccc(N(CCN(C)C)C(=O)C(C)C)cc3)c3ccccc3)c(O)[nH]c2c1. The number of hydrogen-bond acceptors (Lipinski definition) is 6. The van der Waals surface area contributed by atoms with E-state index in [2.05, 4.69) is 4.98 Å². The number of esters is 1. The number of hydrogen-bond donors (Lipinski definition) is 2. The van der Waals surface area contributed by atoms with Crippen LogP contribution in [0.15, 0.2) is 77.8 Å². The quantitative estimate of drug-likeness (QED) is 0.225. The smallest absolute Gasteiger partial charge is 0.337 e. The summed E-state index contributed by atoms with van der Waals surface area (Å²) in [6.07, 6.45) is 0. The van der Waals surface area contributed by atoms with Crippen molar-refractivity contribution in [3.05, 3.63) is 89.5 Å². The maximum Gasteiger partial charge on any atom is 0.337 e. The number of aromatic amines is 1. The Morgan fingerprint density at radius 1 is 0.949 bits per heavy atom. The van der Waals surface area contributed by atoms with Gasteiger partial charge in [-0.2, -0.15) is 0 Å². The van der Waals surface area contributed by atoms with Crippen LogP contribution in [0.5, 0.6) is 5.88 Å². The lowest BCUT2D eigenvalue weighted by Crippen LogP contribution is -2.39. The molecule has 1 aromatic heterocycles. The number of H-pyrrole nitrogens is 1. The van der Waals surface area contributed by atoms with Crippen molar-refractivity contribution in [2.75, 3.05) is 39.2 Å². The molecule has 202 valence electrons. The van der Waals surface area contributed by atoms with Crippen LogP contribution >= 0.6 is 0 Å². The normalized spacial score (nSPS) is 11.8. The zero-order valence-corrected chi connectivity index (χ0v) is 22.9. The fourth-order valence-electron chi connectivity index (χ4n) is 4.34. The highest BCUT2D eigenvalue weighted by Crippen LogP contribution is 2.32. The highest BCUT2D eigenvalue weighted by atomic mass is 16.5. The molecule has 1 heterocycles. The van der Waals surface area contributed by atoms with Gasteiger partial charge in [0.25, 0.3) is 0 Å². The number of methoxy groups -OCH3 is 1. The summed E-state index contributed by atoms with van der Waals surface area (Å²) in [6, 6.07) is 22.2. The molecular weight excluding hydrogens is 492 g/mol. The molecule has 0 unspecified atom stereocenters. The highest BCUT2D eigenvalue weighted by molar-refractivity contribution is 6.22. The van der Waals surface area contributed by atoms with E-state index in [1.165, 1.54) is 7.11 Å². The number of amides is 1. The van der Waals surface area contributed by atoms with Gasteiger partial charge in [-0.05, 0) is 50.5 Å². The molecule has 0 aliphatic rings. The lowest BCUT2D eigenvalue weighted by molar-refractivity contribution is -0.121. The van der Waals surface area contributed by atoms with E-state index in [0.29, 0.717) is 34.6 Å². The molecule has 39 heavy (non-hydrogen) atoms. The molecule has 0 saturated carbocycles. The Kier molecular flexibility index (Phi) is 8.46. The number of benzene rings is 3. The average Bonchev–Trinajstić information content (AvgIpc) is 3.26. The van der Waals surface area contributed by atoms with E-state index in [4.69, 9.17) is 9.73 Å². The monoisotopic (exact) mass is 526 g/mol. The van der Waals surface area contributed by atoms with E-state index >= 15 is 0 Å². The van der Waals surface area contributed by atoms with E-state index in [1.807, 2.05) is 87.4 Å². The van der Waals surface area contributed by atoms with Crippen molar-refractivity contribution in [2.45, 2.75) is 13.8 Å². The molecule has 8 heteroatoms. The van der Waals surface area contributed by atoms with Crippen molar-refractivity contribution in [1.29, 1.82) is 0 Å². The van der Waals surface area contributed by atoms with Crippen LogP contribution in [0.2, 0.25) is 0 Å². The first-order chi connectivity index (χ1) is 18.7. The number of fused-ring (bicyclic) bond motifs is 1. The van der Waals surface area contributed by atoms with Crippen molar-refractivity contribution in [1.82, 2.24) is 9.88 Å². The second kappa shape index (κ2) is 12.0. The van der Waals surface area contributed by atoms with Crippen molar-refractivity contribution < 1.29 is 19.4 Å². The minimum Gasteiger partial charge on any atom is -0.494 e. The molecular formula is C31H34N4O4. The molecule has 0 saturated heterocycles. The standard InChI is InChI=1S/C31H34N4O4/c1-20(2)30(37)35(18-17-34(3)4)24-14-12-23(13-15-24)32-28(21-9-7-6-8-10-21)27-25-16-11-22(31(38)39-5)19-26(25)33-29(27)36/h6-16,19-20,33,36H,17-18H2,1-5H3. The van der Waals surface area contributed by atoms with Crippen molar-refractivity contribution in [2.24, 2.45) is 10.9 Å². The molecule has 0 spiro atoms. The Labute approximate surface area is 228 Å². The largest absolute Gasteiger partial charge is 0.494 e. The Morgan fingerprint density at radius 3 is 2.26 bits per heavy atom. The number of carbonyl (C=O) groups is 2. The summed E-state index contributed by atoms with van der Waals surface area (Å²) in [4.78, 5) is 36.7. The predicted octanol–water partition coefficient (Wildman–Crippen LogP) is 5.38. The zero-order chi connectivity index (χ0) is 28.1. The lowest BCUT2D eigenvalue weighted by Gasteiger charge is -2.26. The second-order valence-corrected chi connectivity index (χ2v) is 9.89. The number of rotatable bonds is 9. The van der Waals surface area contributed by atoms with Crippen LogP contribution in [0.4, 0.5) is 11.4 Å². The molecule has 0 aliphatic heterocycles. The fraction of sp³-hybridized carbons (Fsp3) is 0.258. The van der Waals surface area contributed by atoms with Gasteiger partial charge in [0, 0.05) is 41.2 Å². The molecule has 1 amide bonds. The molecule has 8 nitrogen and oxygen atoms in total. The van der Waals surface area contributed by atoms with Gasteiger partial charge in [-0.1, -0.05) is 50.2 Å².